The molecule has 1 amide bonds. The van der Waals surface area contributed by atoms with Crippen molar-refractivity contribution >= 4 is 52.3 Å². The number of carbonyl (C=O) groups excluding carboxylic acids is 1. The zero-order valence-corrected chi connectivity index (χ0v) is 24.1. The van der Waals surface area contributed by atoms with Gasteiger partial charge in [-0.3, -0.25) is 4.79 Å². The second-order valence-electron chi connectivity index (χ2n) is 8.63. The Balaban J connectivity index is 0.000000312. The van der Waals surface area contributed by atoms with Crippen LogP contribution >= 0.6 is 46.4 Å². The summed E-state index contributed by atoms with van der Waals surface area (Å²) in [4.78, 5) is 22.1. The number of carbonyl (C=O) groups is 1. The van der Waals surface area contributed by atoms with Crippen LogP contribution in [0.4, 0.5) is 0 Å². The number of amides is 1. The van der Waals surface area contributed by atoms with E-state index in [4.69, 9.17) is 57.1 Å². The number of rotatable bonds is 6. The molecule has 0 bridgehead atoms. The molecule has 202 valence electrons. The molecule has 0 saturated carbocycles. The maximum Gasteiger partial charge on any atom is 0.255 e. The second-order valence-corrected chi connectivity index (χ2v) is 10.4. The van der Waals surface area contributed by atoms with Crippen molar-refractivity contribution in [3.63, 3.8) is 0 Å². The van der Waals surface area contributed by atoms with Gasteiger partial charge in [0.1, 0.15) is 0 Å². The van der Waals surface area contributed by atoms with Crippen LogP contribution in [-0.4, -0.2) is 15.9 Å². The van der Waals surface area contributed by atoms with Crippen molar-refractivity contribution in [2.75, 3.05) is 0 Å². The van der Waals surface area contributed by atoms with E-state index in [0.29, 0.717) is 43.7 Å². The van der Waals surface area contributed by atoms with Crippen LogP contribution in [0.3, 0.4) is 0 Å². The predicted octanol–water partition coefficient (Wildman–Crippen LogP) is 8.50. The summed E-state index contributed by atoms with van der Waals surface area (Å²) in [5, 5.41) is 5.21. The third-order valence-electron chi connectivity index (χ3n) is 5.65. The van der Waals surface area contributed by atoms with Crippen molar-refractivity contribution in [2.45, 2.75) is 13.1 Å². The lowest BCUT2D eigenvalue weighted by atomic mass is 10.1. The summed E-state index contributed by atoms with van der Waals surface area (Å²) in [7, 11) is 0. The van der Waals surface area contributed by atoms with Crippen molar-refractivity contribution in [2.24, 2.45) is 5.73 Å². The lowest BCUT2D eigenvalue weighted by Gasteiger charge is -2.12. The molecule has 1 aromatic heterocycles. The zero-order chi connectivity index (χ0) is 28.5. The first-order valence-corrected chi connectivity index (χ1v) is 13.7. The molecule has 5 rings (SSSR count). The summed E-state index contributed by atoms with van der Waals surface area (Å²) in [6, 6.07) is 29.7. The Labute approximate surface area is 252 Å². The molecule has 0 aliphatic carbocycles. The first kappa shape index (κ1) is 29.5. The molecule has 0 saturated heterocycles. The molecule has 0 atom stereocenters. The van der Waals surface area contributed by atoms with Gasteiger partial charge >= 0.3 is 0 Å². The SMILES string of the molecule is NCc1cc(Cl)cc(Cl)c1.O=C(NCc1cc(Cl)cc(Cl)c1)c1cnc(-c2ccccc2)nc1-c1ccccc1. The Bertz CT molecular complexity index is 1560. The van der Waals surface area contributed by atoms with Crippen molar-refractivity contribution in [1.82, 2.24) is 15.3 Å². The molecule has 3 N–H and O–H groups in total. The fourth-order valence-corrected chi connectivity index (χ4v) is 4.95. The van der Waals surface area contributed by atoms with E-state index in [0.717, 1.165) is 22.3 Å². The topological polar surface area (TPSA) is 80.9 Å². The van der Waals surface area contributed by atoms with Crippen LogP contribution in [0.2, 0.25) is 20.1 Å². The molecule has 40 heavy (non-hydrogen) atoms. The van der Waals surface area contributed by atoms with Gasteiger partial charge in [-0.05, 0) is 47.5 Å². The summed E-state index contributed by atoms with van der Waals surface area (Å²) >= 11 is 23.5. The molecular weight excluding hydrogens is 586 g/mol. The lowest BCUT2D eigenvalue weighted by molar-refractivity contribution is 0.0951. The number of benzene rings is 4. The Hall–Kier alpha value is -3.45. The highest BCUT2D eigenvalue weighted by molar-refractivity contribution is 6.35. The Morgan fingerprint density at radius 1 is 0.700 bits per heavy atom. The van der Waals surface area contributed by atoms with Gasteiger partial charge in [-0.25, -0.2) is 9.97 Å². The van der Waals surface area contributed by atoms with Crippen molar-refractivity contribution in [3.8, 4) is 22.6 Å². The minimum absolute atomic E-state index is 0.274. The average Bonchev–Trinajstić information content (AvgIpc) is 2.96. The highest BCUT2D eigenvalue weighted by atomic mass is 35.5. The van der Waals surface area contributed by atoms with Crippen LogP contribution in [0.15, 0.2) is 103 Å². The zero-order valence-electron chi connectivity index (χ0n) is 21.1. The molecule has 0 aliphatic rings. The number of nitrogens with one attached hydrogen (secondary N) is 1. The highest BCUT2D eigenvalue weighted by Crippen LogP contribution is 2.25. The molecule has 1 heterocycles. The molecule has 0 spiro atoms. The van der Waals surface area contributed by atoms with Gasteiger partial charge in [0.2, 0.25) is 0 Å². The average molecular weight is 610 g/mol. The largest absolute Gasteiger partial charge is 0.348 e. The fraction of sp³-hybridized carbons (Fsp3) is 0.0645. The van der Waals surface area contributed by atoms with Gasteiger partial charge < -0.3 is 11.1 Å². The summed E-state index contributed by atoms with van der Waals surface area (Å²) in [5.41, 5.74) is 9.83. The summed E-state index contributed by atoms with van der Waals surface area (Å²) in [5.74, 6) is 0.289. The standard InChI is InChI=1S/C24H17Cl2N3O.C7H7Cl2N/c25-19-11-16(12-20(26)13-19)14-28-24(30)21-15-27-23(18-9-5-2-6-10-18)29-22(21)17-7-3-1-4-8-17;8-6-1-5(4-10)2-7(9)3-6/h1-13,15H,14H2,(H,28,30);1-3H,4,10H2. The molecular formula is C31H24Cl4N4O. The van der Waals surface area contributed by atoms with E-state index in [1.807, 2.05) is 60.7 Å². The fourth-order valence-electron chi connectivity index (χ4n) is 3.81. The first-order chi connectivity index (χ1) is 19.3. The molecule has 9 heteroatoms. The van der Waals surface area contributed by atoms with E-state index in [2.05, 4.69) is 10.3 Å². The summed E-state index contributed by atoms with van der Waals surface area (Å²) < 4.78 is 0. The molecule has 0 radical (unpaired) electrons. The minimum atomic E-state index is -0.274. The predicted molar refractivity (Wildman–Crippen MR) is 165 cm³/mol. The Morgan fingerprint density at radius 2 is 1.20 bits per heavy atom. The van der Waals surface area contributed by atoms with Gasteiger partial charge in [0.15, 0.2) is 5.82 Å². The van der Waals surface area contributed by atoms with Gasteiger partial charge in [0.25, 0.3) is 5.91 Å². The summed E-state index contributed by atoms with van der Waals surface area (Å²) in [6.07, 6.45) is 1.57. The number of nitrogens with two attached hydrogens (primary N) is 1. The van der Waals surface area contributed by atoms with Gasteiger partial charge in [-0.1, -0.05) is 107 Å². The number of halogens is 4. The van der Waals surface area contributed by atoms with E-state index >= 15 is 0 Å². The van der Waals surface area contributed by atoms with Crippen molar-refractivity contribution in [1.29, 1.82) is 0 Å². The highest BCUT2D eigenvalue weighted by Gasteiger charge is 2.17. The number of nitrogens with zero attached hydrogens (tertiary/aromatic N) is 2. The lowest BCUT2D eigenvalue weighted by Crippen LogP contribution is -2.24. The van der Waals surface area contributed by atoms with E-state index in [9.17, 15) is 4.79 Å². The Morgan fingerprint density at radius 3 is 1.73 bits per heavy atom. The third kappa shape index (κ3) is 8.28. The van der Waals surface area contributed by atoms with E-state index < -0.39 is 0 Å². The normalized spacial score (nSPS) is 10.4. The van der Waals surface area contributed by atoms with Gasteiger partial charge in [-0.15, -0.1) is 0 Å². The van der Waals surface area contributed by atoms with Crippen LogP contribution in [0, 0.1) is 0 Å². The van der Waals surface area contributed by atoms with E-state index in [-0.39, 0.29) is 12.5 Å². The van der Waals surface area contributed by atoms with Crippen LogP contribution in [0.5, 0.6) is 0 Å². The maximum atomic E-state index is 13.0. The van der Waals surface area contributed by atoms with E-state index in [1.54, 1.807) is 42.6 Å². The first-order valence-electron chi connectivity index (χ1n) is 12.2. The molecule has 5 nitrogen and oxygen atoms in total. The van der Waals surface area contributed by atoms with Crippen molar-refractivity contribution < 1.29 is 4.79 Å². The number of hydrogen-bond donors (Lipinski definition) is 2. The van der Waals surface area contributed by atoms with Crippen LogP contribution in [0.25, 0.3) is 22.6 Å². The second kappa shape index (κ2) is 14.3. The Kier molecular flexibility index (Phi) is 10.5. The van der Waals surface area contributed by atoms with Gasteiger partial charge in [0, 0.05) is 50.5 Å². The number of hydrogen-bond acceptors (Lipinski definition) is 4. The maximum absolute atomic E-state index is 13.0. The minimum Gasteiger partial charge on any atom is -0.348 e. The van der Waals surface area contributed by atoms with Crippen LogP contribution in [0.1, 0.15) is 21.5 Å². The van der Waals surface area contributed by atoms with Gasteiger partial charge in [-0.2, -0.15) is 0 Å². The van der Waals surface area contributed by atoms with Crippen molar-refractivity contribution in [3.05, 3.63) is 140 Å². The van der Waals surface area contributed by atoms with Crippen LogP contribution < -0.4 is 11.1 Å². The third-order valence-corrected chi connectivity index (χ3v) is 6.52. The monoisotopic (exact) mass is 608 g/mol. The smallest absolute Gasteiger partial charge is 0.255 e. The quantitative estimate of drug-likeness (QED) is 0.202. The molecule has 0 fully saturated rings. The number of aromatic nitrogens is 2. The van der Waals surface area contributed by atoms with Crippen LogP contribution in [-0.2, 0) is 13.1 Å². The van der Waals surface area contributed by atoms with E-state index in [1.165, 1.54) is 0 Å². The molecule has 5 aromatic rings. The molecule has 0 aliphatic heterocycles. The molecule has 0 unspecified atom stereocenters. The van der Waals surface area contributed by atoms with Gasteiger partial charge in [0.05, 0.1) is 11.3 Å². The summed E-state index contributed by atoms with van der Waals surface area (Å²) in [6.45, 7) is 0.758. The molecule has 4 aromatic carbocycles.